The standard InChI is InChI=1S/C10H7BrFNO/c1-6(11)10(14)8-3-2-7(5-13)4-9(8)12/h2-4,6H,1H3. The lowest BCUT2D eigenvalue weighted by molar-refractivity contribution is 0.0992. The van der Waals surface area contributed by atoms with Gasteiger partial charge in [-0.25, -0.2) is 4.39 Å². The molecule has 0 spiro atoms. The van der Waals surface area contributed by atoms with E-state index in [9.17, 15) is 9.18 Å². The van der Waals surface area contributed by atoms with Gasteiger partial charge in [0, 0.05) is 0 Å². The molecule has 0 saturated carbocycles. The molecule has 0 amide bonds. The van der Waals surface area contributed by atoms with E-state index >= 15 is 0 Å². The molecule has 0 aromatic heterocycles. The summed E-state index contributed by atoms with van der Waals surface area (Å²) in [5, 5.41) is 8.49. The summed E-state index contributed by atoms with van der Waals surface area (Å²) in [4.78, 5) is 11.0. The quantitative estimate of drug-likeness (QED) is 0.602. The molecule has 1 aromatic rings. The van der Waals surface area contributed by atoms with Crippen molar-refractivity contribution in [2.75, 3.05) is 0 Å². The third-order valence-electron chi connectivity index (χ3n) is 1.72. The van der Waals surface area contributed by atoms with Crippen molar-refractivity contribution in [2.24, 2.45) is 0 Å². The average molecular weight is 256 g/mol. The second-order valence-electron chi connectivity index (χ2n) is 2.79. The van der Waals surface area contributed by atoms with Crippen molar-refractivity contribution in [3.05, 3.63) is 35.1 Å². The van der Waals surface area contributed by atoms with E-state index in [-0.39, 0.29) is 16.9 Å². The molecule has 0 aliphatic heterocycles. The molecule has 0 N–H and O–H groups in total. The van der Waals surface area contributed by atoms with Crippen molar-refractivity contribution in [1.82, 2.24) is 0 Å². The van der Waals surface area contributed by atoms with Gasteiger partial charge in [0.15, 0.2) is 5.78 Å². The Morgan fingerprint density at radius 2 is 2.29 bits per heavy atom. The van der Waals surface area contributed by atoms with Gasteiger partial charge < -0.3 is 0 Å². The van der Waals surface area contributed by atoms with Gasteiger partial charge in [0.1, 0.15) is 5.82 Å². The van der Waals surface area contributed by atoms with Crippen molar-refractivity contribution in [1.29, 1.82) is 5.26 Å². The maximum absolute atomic E-state index is 13.3. The number of nitrogens with zero attached hydrogens (tertiary/aromatic N) is 1. The molecule has 1 rings (SSSR count). The van der Waals surface area contributed by atoms with Crippen molar-refractivity contribution in [3.8, 4) is 6.07 Å². The lowest BCUT2D eigenvalue weighted by Gasteiger charge is -2.03. The molecule has 0 bridgehead atoms. The van der Waals surface area contributed by atoms with Crippen molar-refractivity contribution < 1.29 is 9.18 Å². The van der Waals surface area contributed by atoms with E-state index in [1.54, 1.807) is 13.0 Å². The second-order valence-corrected chi connectivity index (χ2v) is 4.16. The maximum Gasteiger partial charge on any atom is 0.179 e. The number of hydrogen-bond donors (Lipinski definition) is 0. The predicted octanol–water partition coefficient (Wildman–Crippen LogP) is 2.66. The fourth-order valence-electron chi connectivity index (χ4n) is 0.999. The van der Waals surface area contributed by atoms with Gasteiger partial charge in [-0.15, -0.1) is 0 Å². The number of ketones is 1. The molecule has 4 heteroatoms. The summed E-state index contributed by atoms with van der Waals surface area (Å²) in [6.07, 6.45) is 0. The topological polar surface area (TPSA) is 40.9 Å². The van der Waals surface area contributed by atoms with Crippen LogP contribution >= 0.6 is 15.9 Å². The van der Waals surface area contributed by atoms with E-state index < -0.39 is 10.6 Å². The van der Waals surface area contributed by atoms with Crippen LogP contribution in [0, 0.1) is 17.1 Å². The summed E-state index contributed by atoms with van der Waals surface area (Å²) in [6, 6.07) is 5.61. The molecule has 0 saturated heterocycles. The monoisotopic (exact) mass is 255 g/mol. The number of benzene rings is 1. The van der Waals surface area contributed by atoms with Gasteiger partial charge in [0.25, 0.3) is 0 Å². The molecular formula is C10H7BrFNO. The highest BCUT2D eigenvalue weighted by Gasteiger charge is 2.16. The number of alkyl halides is 1. The number of halogens is 2. The van der Waals surface area contributed by atoms with Crippen molar-refractivity contribution >= 4 is 21.7 Å². The second kappa shape index (κ2) is 4.34. The first-order valence-corrected chi connectivity index (χ1v) is 4.85. The zero-order valence-corrected chi connectivity index (χ0v) is 9.01. The lowest BCUT2D eigenvalue weighted by Crippen LogP contribution is -2.12. The Morgan fingerprint density at radius 1 is 1.64 bits per heavy atom. The molecule has 0 radical (unpaired) electrons. The van der Waals surface area contributed by atoms with Gasteiger partial charge in [-0.1, -0.05) is 15.9 Å². The van der Waals surface area contributed by atoms with E-state index in [1.807, 2.05) is 0 Å². The zero-order chi connectivity index (χ0) is 10.7. The first-order valence-electron chi connectivity index (χ1n) is 3.94. The van der Waals surface area contributed by atoms with E-state index in [2.05, 4.69) is 15.9 Å². The predicted molar refractivity (Wildman–Crippen MR) is 53.8 cm³/mol. The normalized spacial score (nSPS) is 11.9. The molecule has 1 unspecified atom stereocenters. The van der Waals surface area contributed by atoms with Crippen LogP contribution in [0.1, 0.15) is 22.8 Å². The summed E-state index contributed by atoms with van der Waals surface area (Å²) in [5.41, 5.74) is 0.217. The summed E-state index contributed by atoms with van der Waals surface area (Å²) < 4.78 is 13.3. The Balaban J connectivity index is 3.14. The minimum Gasteiger partial charge on any atom is -0.293 e. The number of Topliss-reactive ketones (excluding diaryl/α,β-unsaturated/α-hetero) is 1. The Kier molecular flexibility index (Phi) is 3.37. The summed E-state index contributed by atoms with van der Waals surface area (Å²) in [7, 11) is 0. The Morgan fingerprint density at radius 3 is 2.71 bits per heavy atom. The minimum atomic E-state index is -0.652. The van der Waals surface area contributed by atoms with Gasteiger partial charge in [0.05, 0.1) is 22.0 Å². The summed E-state index contributed by atoms with van der Waals surface area (Å²) in [6.45, 7) is 1.62. The molecule has 0 aliphatic carbocycles. The third kappa shape index (κ3) is 2.18. The zero-order valence-electron chi connectivity index (χ0n) is 7.42. The fraction of sp³-hybridized carbons (Fsp3) is 0.200. The molecule has 1 atom stereocenters. The molecule has 1 aromatic carbocycles. The van der Waals surface area contributed by atoms with Crippen molar-refractivity contribution in [3.63, 3.8) is 0 Å². The number of rotatable bonds is 2. The lowest BCUT2D eigenvalue weighted by atomic mass is 10.1. The minimum absolute atomic E-state index is 0.00775. The molecule has 0 fully saturated rings. The molecular weight excluding hydrogens is 249 g/mol. The third-order valence-corrected chi connectivity index (χ3v) is 2.14. The van der Waals surface area contributed by atoms with Crippen molar-refractivity contribution in [2.45, 2.75) is 11.8 Å². The smallest absolute Gasteiger partial charge is 0.179 e. The van der Waals surface area contributed by atoms with Gasteiger partial charge in [-0.2, -0.15) is 5.26 Å². The van der Waals surface area contributed by atoms with Crippen LogP contribution < -0.4 is 0 Å². The van der Waals surface area contributed by atoms with Crippen LogP contribution in [0.3, 0.4) is 0 Å². The van der Waals surface area contributed by atoms with Crippen LogP contribution in [0.2, 0.25) is 0 Å². The number of hydrogen-bond acceptors (Lipinski definition) is 2. The molecule has 72 valence electrons. The van der Waals surface area contributed by atoms with Crippen LogP contribution in [0.15, 0.2) is 18.2 Å². The first kappa shape index (κ1) is 10.9. The highest BCUT2D eigenvalue weighted by Crippen LogP contribution is 2.15. The average Bonchev–Trinajstić information content (AvgIpc) is 2.16. The highest BCUT2D eigenvalue weighted by molar-refractivity contribution is 9.10. The van der Waals surface area contributed by atoms with Crippen LogP contribution in [0.4, 0.5) is 4.39 Å². The van der Waals surface area contributed by atoms with Gasteiger partial charge in [-0.3, -0.25) is 4.79 Å². The van der Waals surface area contributed by atoms with E-state index in [0.29, 0.717) is 0 Å². The SMILES string of the molecule is CC(Br)C(=O)c1ccc(C#N)cc1F. The number of nitriles is 1. The Bertz CT molecular complexity index is 409. The van der Waals surface area contributed by atoms with E-state index in [4.69, 9.17) is 5.26 Å². The summed E-state index contributed by atoms with van der Waals surface area (Å²) >= 11 is 3.07. The molecule has 14 heavy (non-hydrogen) atoms. The van der Waals surface area contributed by atoms with E-state index in [0.717, 1.165) is 6.07 Å². The van der Waals surface area contributed by atoms with Crippen LogP contribution in [-0.2, 0) is 0 Å². The van der Waals surface area contributed by atoms with E-state index in [1.165, 1.54) is 12.1 Å². The molecule has 0 aliphatic rings. The maximum atomic E-state index is 13.3. The van der Waals surface area contributed by atoms with Gasteiger partial charge >= 0.3 is 0 Å². The van der Waals surface area contributed by atoms with Gasteiger partial charge in [0.2, 0.25) is 0 Å². The highest BCUT2D eigenvalue weighted by atomic mass is 79.9. The van der Waals surface area contributed by atoms with Gasteiger partial charge in [-0.05, 0) is 25.1 Å². The Labute approximate surface area is 89.5 Å². The Hall–Kier alpha value is -1.21. The molecule has 0 heterocycles. The van der Waals surface area contributed by atoms with Crippen LogP contribution in [0.5, 0.6) is 0 Å². The number of carbonyl (C=O) groups excluding carboxylic acids is 1. The fourth-order valence-corrected chi connectivity index (χ4v) is 1.25. The van der Waals surface area contributed by atoms with Crippen LogP contribution in [-0.4, -0.2) is 10.6 Å². The van der Waals surface area contributed by atoms with Crippen LogP contribution in [0.25, 0.3) is 0 Å². The first-order chi connectivity index (χ1) is 6.56. The largest absolute Gasteiger partial charge is 0.293 e. The summed E-state index contributed by atoms with van der Waals surface area (Å²) in [5.74, 6) is -0.979. The molecule has 2 nitrogen and oxygen atoms in total. The number of carbonyl (C=O) groups is 1.